The SMILES string of the molecule is Cc1cc(C)cc(CNc2c(C)cccc2F)c1. The summed E-state index contributed by atoms with van der Waals surface area (Å²) in [5.74, 6) is -0.195. The number of anilines is 1. The highest BCUT2D eigenvalue weighted by atomic mass is 19.1. The van der Waals surface area contributed by atoms with Gasteiger partial charge in [0.2, 0.25) is 0 Å². The average molecular weight is 243 g/mol. The van der Waals surface area contributed by atoms with E-state index in [2.05, 4.69) is 37.4 Å². The molecule has 94 valence electrons. The number of hydrogen-bond donors (Lipinski definition) is 1. The number of benzene rings is 2. The van der Waals surface area contributed by atoms with Gasteiger partial charge >= 0.3 is 0 Å². The highest BCUT2D eigenvalue weighted by Gasteiger charge is 2.04. The molecule has 2 rings (SSSR count). The maximum atomic E-state index is 13.6. The summed E-state index contributed by atoms with van der Waals surface area (Å²) < 4.78 is 13.6. The molecule has 1 N–H and O–H groups in total. The van der Waals surface area contributed by atoms with Gasteiger partial charge in [-0.15, -0.1) is 0 Å². The van der Waals surface area contributed by atoms with E-state index in [1.807, 2.05) is 13.0 Å². The molecule has 0 saturated heterocycles. The summed E-state index contributed by atoms with van der Waals surface area (Å²) in [4.78, 5) is 0. The van der Waals surface area contributed by atoms with Crippen LogP contribution in [0, 0.1) is 26.6 Å². The zero-order valence-corrected chi connectivity index (χ0v) is 11.0. The van der Waals surface area contributed by atoms with Crippen LogP contribution in [-0.4, -0.2) is 0 Å². The molecule has 0 unspecified atom stereocenters. The van der Waals surface area contributed by atoms with Gasteiger partial charge in [-0.2, -0.15) is 0 Å². The summed E-state index contributed by atoms with van der Waals surface area (Å²) in [5, 5.41) is 3.18. The van der Waals surface area contributed by atoms with Crippen LogP contribution in [0.2, 0.25) is 0 Å². The maximum absolute atomic E-state index is 13.6. The third kappa shape index (κ3) is 2.89. The second-order valence-corrected chi connectivity index (χ2v) is 4.78. The zero-order chi connectivity index (χ0) is 13.1. The summed E-state index contributed by atoms with van der Waals surface area (Å²) in [5.41, 5.74) is 5.17. The van der Waals surface area contributed by atoms with Gasteiger partial charge in [-0.05, 0) is 38.0 Å². The third-order valence-electron chi connectivity index (χ3n) is 2.97. The number of rotatable bonds is 3. The molecule has 0 aromatic heterocycles. The number of nitrogens with one attached hydrogen (secondary N) is 1. The average Bonchev–Trinajstić information content (AvgIpc) is 2.27. The van der Waals surface area contributed by atoms with Crippen molar-refractivity contribution in [1.82, 2.24) is 0 Å². The number of hydrogen-bond acceptors (Lipinski definition) is 1. The highest BCUT2D eigenvalue weighted by molar-refractivity contribution is 5.52. The fourth-order valence-electron chi connectivity index (χ4n) is 2.22. The van der Waals surface area contributed by atoms with E-state index in [1.165, 1.54) is 22.8 Å². The standard InChI is InChI=1S/C16H18FN/c1-11-7-12(2)9-14(8-11)10-18-16-13(3)5-4-6-15(16)17/h4-9,18H,10H2,1-3H3. The Morgan fingerprint density at radius 3 is 2.28 bits per heavy atom. The van der Waals surface area contributed by atoms with Gasteiger partial charge in [0.05, 0.1) is 5.69 Å². The van der Waals surface area contributed by atoms with E-state index in [0.717, 1.165) is 5.56 Å². The Balaban J connectivity index is 2.16. The van der Waals surface area contributed by atoms with Crippen LogP contribution in [0.3, 0.4) is 0 Å². The van der Waals surface area contributed by atoms with Crippen molar-refractivity contribution >= 4 is 5.69 Å². The van der Waals surface area contributed by atoms with Crippen molar-refractivity contribution < 1.29 is 4.39 Å². The molecule has 0 bridgehead atoms. The van der Waals surface area contributed by atoms with E-state index in [1.54, 1.807) is 6.07 Å². The molecule has 2 aromatic carbocycles. The van der Waals surface area contributed by atoms with Crippen molar-refractivity contribution in [3.8, 4) is 0 Å². The summed E-state index contributed by atoms with van der Waals surface area (Å²) in [7, 11) is 0. The van der Waals surface area contributed by atoms with Crippen molar-refractivity contribution in [3.05, 3.63) is 64.5 Å². The van der Waals surface area contributed by atoms with Crippen LogP contribution in [-0.2, 0) is 6.54 Å². The minimum atomic E-state index is -0.195. The molecule has 0 aliphatic carbocycles. The highest BCUT2D eigenvalue weighted by Crippen LogP contribution is 2.20. The fourth-order valence-corrected chi connectivity index (χ4v) is 2.22. The largest absolute Gasteiger partial charge is 0.378 e. The predicted molar refractivity (Wildman–Crippen MR) is 74.4 cm³/mol. The molecule has 0 aliphatic rings. The summed E-state index contributed by atoms with van der Waals surface area (Å²) in [6.07, 6.45) is 0. The quantitative estimate of drug-likeness (QED) is 0.844. The topological polar surface area (TPSA) is 12.0 Å². The van der Waals surface area contributed by atoms with E-state index < -0.39 is 0 Å². The Bertz CT molecular complexity index is 521. The van der Waals surface area contributed by atoms with E-state index >= 15 is 0 Å². The molecule has 2 heteroatoms. The van der Waals surface area contributed by atoms with Crippen molar-refractivity contribution in [1.29, 1.82) is 0 Å². The third-order valence-corrected chi connectivity index (χ3v) is 2.97. The molecular weight excluding hydrogens is 225 g/mol. The van der Waals surface area contributed by atoms with Crippen LogP contribution < -0.4 is 5.32 Å². The molecule has 0 amide bonds. The molecule has 2 aromatic rings. The van der Waals surface area contributed by atoms with E-state index in [0.29, 0.717) is 12.2 Å². The van der Waals surface area contributed by atoms with Gasteiger partial charge in [0.25, 0.3) is 0 Å². The number of halogens is 1. The second kappa shape index (κ2) is 5.21. The molecule has 18 heavy (non-hydrogen) atoms. The van der Waals surface area contributed by atoms with Crippen molar-refractivity contribution in [2.45, 2.75) is 27.3 Å². The summed E-state index contributed by atoms with van der Waals surface area (Å²) >= 11 is 0. The first-order chi connectivity index (χ1) is 8.56. The molecule has 0 spiro atoms. The molecule has 1 nitrogen and oxygen atoms in total. The molecular formula is C16H18FN. The Labute approximate surface area is 108 Å². The van der Waals surface area contributed by atoms with Gasteiger partial charge in [-0.25, -0.2) is 4.39 Å². The normalized spacial score (nSPS) is 10.4. The molecule has 0 fully saturated rings. The van der Waals surface area contributed by atoms with Gasteiger partial charge in [0.15, 0.2) is 0 Å². The van der Waals surface area contributed by atoms with Crippen LogP contribution in [0.15, 0.2) is 36.4 Å². The molecule has 0 radical (unpaired) electrons. The van der Waals surface area contributed by atoms with E-state index in [4.69, 9.17) is 0 Å². The van der Waals surface area contributed by atoms with Crippen molar-refractivity contribution in [2.75, 3.05) is 5.32 Å². The lowest BCUT2D eigenvalue weighted by Gasteiger charge is -2.11. The minimum Gasteiger partial charge on any atom is -0.378 e. The zero-order valence-electron chi connectivity index (χ0n) is 11.0. The predicted octanol–water partition coefficient (Wildman–Crippen LogP) is 4.36. The van der Waals surface area contributed by atoms with Crippen molar-refractivity contribution in [3.63, 3.8) is 0 Å². The van der Waals surface area contributed by atoms with Gasteiger partial charge in [-0.1, -0.05) is 41.5 Å². The lowest BCUT2D eigenvalue weighted by Crippen LogP contribution is -2.03. The Kier molecular flexibility index (Phi) is 3.66. The number of aryl methyl sites for hydroxylation is 3. The van der Waals surface area contributed by atoms with E-state index in [-0.39, 0.29) is 5.82 Å². The Morgan fingerprint density at radius 2 is 1.67 bits per heavy atom. The van der Waals surface area contributed by atoms with Crippen molar-refractivity contribution in [2.24, 2.45) is 0 Å². The molecule has 0 heterocycles. The minimum absolute atomic E-state index is 0.195. The van der Waals surface area contributed by atoms with Crippen LogP contribution in [0.25, 0.3) is 0 Å². The van der Waals surface area contributed by atoms with E-state index in [9.17, 15) is 4.39 Å². The monoisotopic (exact) mass is 243 g/mol. The van der Waals surface area contributed by atoms with Crippen LogP contribution in [0.5, 0.6) is 0 Å². The first-order valence-electron chi connectivity index (χ1n) is 6.12. The molecule has 0 aliphatic heterocycles. The second-order valence-electron chi connectivity index (χ2n) is 4.78. The van der Waals surface area contributed by atoms with Gasteiger partial charge in [0.1, 0.15) is 5.82 Å². The first-order valence-corrected chi connectivity index (χ1v) is 6.12. The van der Waals surface area contributed by atoms with Gasteiger partial charge in [-0.3, -0.25) is 0 Å². The summed E-state index contributed by atoms with van der Waals surface area (Å²) in [6, 6.07) is 11.5. The van der Waals surface area contributed by atoms with Crippen LogP contribution in [0.4, 0.5) is 10.1 Å². The number of para-hydroxylation sites is 1. The molecule has 0 atom stereocenters. The van der Waals surface area contributed by atoms with Crippen LogP contribution >= 0.6 is 0 Å². The first kappa shape index (κ1) is 12.6. The van der Waals surface area contributed by atoms with Gasteiger partial charge in [0, 0.05) is 6.54 Å². The van der Waals surface area contributed by atoms with Gasteiger partial charge < -0.3 is 5.32 Å². The smallest absolute Gasteiger partial charge is 0.146 e. The maximum Gasteiger partial charge on any atom is 0.146 e. The van der Waals surface area contributed by atoms with Crippen LogP contribution in [0.1, 0.15) is 22.3 Å². The lowest BCUT2D eigenvalue weighted by atomic mass is 10.1. The molecule has 0 saturated carbocycles. The fraction of sp³-hybridized carbons (Fsp3) is 0.250. The Morgan fingerprint density at radius 1 is 1.00 bits per heavy atom. The summed E-state index contributed by atoms with van der Waals surface area (Å²) in [6.45, 7) is 6.70. The lowest BCUT2D eigenvalue weighted by molar-refractivity contribution is 0.629. The Hall–Kier alpha value is -1.83.